The smallest absolute Gasteiger partial charge is 0.276 e. The molecule has 0 fully saturated rings. The highest BCUT2D eigenvalue weighted by atomic mass is 32.2. The Morgan fingerprint density at radius 2 is 1.68 bits per heavy atom. The van der Waals surface area contributed by atoms with Gasteiger partial charge in [0.25, 0.3) is 17.2 Å². The standard InChI is InChI=1S/C15H16N2O4S/c18-15(16-17-22(19)20)14(11-12-7-3-1-4-8-12)21-13-9-5-2-6-10-13/h1-10,14,17H,11H2,(H,16,18)(H,19,20). The molecule has 2 unspecified atom stereocenters. The SMILES string of the molecule is O=C(NNS(=O)O)C(Cc1ccccc1)Oc1ccccc1. The molecule has 2 aromatic carbocycles. The molecule has 0 aromatic heterocycles. The number of amides is 1. The summed E-state index contributed by atoms with van der Waals surface area (Å²) in [5, 5.41) is 0. The second-order valence-electron chi connectivity index (χ2n) is 4.45. The maximum Gasteiger partial charge on any atom is 0.276 e. The summed E-state index contributed by atoms with van der Waals surface area (Å²) in [5.74, 6) is 0.0128. The number of carbonyl (C=O) groups excluding carboxylic acids is 1. The Hall–Kier alpha value is -2.22. The largest absolute Gasteiger partial charge is 0.480 e. The first-order chi connectivity index (χ1) is 10.6. The second-order valence-corrected chi connectivity index (χ2v) is 5.15. The molecular weight excluding hydrogens is 304 g/mol. The van der Waals surface area contributed by atoms with Gasteiger partial charge in [-0.3, -0.25) is 14.8 Å². The zero-order valence-electron chi connectivity index (χ0n) is 11.6. The lowest BCUT2D eigenvalue weighted by Crippen LogP contribution is -2.47. The quantitative estimate of drug-likeness (QED) is 0.532. The van der Waals surface area contributed by atoms with Crippen molar-refractivity contribution in [2.24, 2.45) is 0 Å². The van der Waals surface area contributed by atoms with Gasteiger partial charge in [-0.05, 0) is 17.7 Å². The van der Waals surface area contributed by atoms with Crippen molar-refractivity contribution in [1.29, 1.82) is 0 Å². The van der Waals surface area contributed by atoms with E-state index in [0.29, 0.717) is 12.2 Å². The summed E-state index contributed by atoms with van der Waals surface area (Å²) in [6, 6.07) is 18.3. The van der Waals surface area contributed by atoms with Crippen molar-refractivity contribution in [3.63, 3.8) is 0 Å². The van der Waals surface area contributed by atoms with Crippen LogP contribution >= 0.6 is 0 Å². The van der Waals surface area contributed by atoms with Crippen LogP contribution in [0.2, 0.25) is 0 Å². The number of benzene rings is 2. The first kappa shape index (κ1) is 16.2. The summed E-state index contributed by atoms with van der Waals surface area (Å²) >= 11 is -2.33. The van der Waals surface area contributed by atoms with Gasteiger partial charge in [-0.2, -0.15) is 0 Å². The Balaban J connectivity index is 2.09. The van der Waals surface area contributed by atoms with Crippen molar-refractivity contribution < 1.29 is 18.3 Å². The van der Waals surface area contributed by atoms with Crippen LogP contribution in [0, 0.1) is 0 Å². The Kier molecular flexibility index (Phi) is 6.08. The molecule has 0 heterocycles. The molecule has 6 nitrogen and oxygen atoms in total. The third-order valence-corrected chi connectivity index (χ3v) is 3.12. The fraction of sp³-hybridized carbons (Fsp3) is 0.133. The Morgan fingerprint density at radius 3 is 2.27 bits per heavy atom. The molecule has 0 saturated carbocycles. The number of nitrogens with one attached hydrogen (secondary N) is 2. The number of hydrogen-bond acceptors (Lipinski definition) is 3. The van der Waals surface area contributed by atoms with Crippen LogP contribution < -0.4 is 15.0 Å². The molecule has 2 rings (SSSR count). The molecule has 22 heavy (non-hydrogen) atoms. The molecule has 1 amide bonds. The van der Waals surface area contributed by atoms with Crippen LogP contribution in [-0.2, 0) is 22.5 Å². The second kappa shape index (κ2) is 8.28. The Morgan fingerprint density at radius 1 is 1.09 bits per heavy atom. The average Bonchev–Trinajstić information content (AvgIpc) is 2.54. The van der Waals surface area contributed by atoms with Gasteiger partial charge in [0.05, 0.1) is 0 Å². The van der Waals surface area contributed by atoms with Gasteiger partial charge in [-0.1, -0.05) is 48.5 Å². The highest BCUT2D eigenvalue weighted by Gasteiger charge is 2.21. The van der Waals surface area contributed by atoms with Crippen molar-refractivity contribution in [3.8, 4) is 5.75 Å². The van der Waals surface area contributed by atoms with E-state index in [9.17, 15) is 9.00 Å². The minimum Gasteiger partial charge on any atom is -0.480 e. The molecule has 0 bridgehead atoms. The number of rotatable bonds is 7. The van der Waals surface area contributed by atoms with Gasteiger partial charge in [0.15, 0.2) is 6.10 Å². The summed E-state index contributed by atoms with van der Waals surface area (Å²) in [7, 11) is 0. The van der Waals surface area contributed by atoms with Crippen molar-refractivity contribution in [2.45, 2.75) is 12.5 Å². The first-order valence-corrected chi connectivity index (χ1v) is 7.68. The highest BCUT2D eigenvalue weighted by molar-refractivity contribution is 7.77. The summed E-state index contributed by atoms with van der Waals surface area (Å²) in [6.07, 6.45) is -0.498. The lowest BCUT2D eigenvalue weighted by Gasteiger charge is -2.18. The molecule has 116 valence electrons. The van der Waals surface area contributed by atoms with E-state index < -0.39 is 23.3 Å². The van der Waals surface area contributed by atoms with Gasteiger partial charge in [-0.25, -0.2) is 4.21 Å². The molecule has 0 radical (unpaired) electrons. The van der Waals surface area contributed by atoms with Gasteiger partial charge in [0.2, 0.25) is 0 Å². The molecule has 0 spiro atoms. The maximum absolute atomic E-state index is 12.1. The van der Waals surface area contributed by atoms with E-state index in [4.69, 9.17) is 9.29 Å². The zero-order valence-corrected chi connectivity index (χ0v) is 12.5. The predicted molar refractivity (Wildman–Crippen MR) is 83.1 cm³/mol. The fourth-order valence-electron chi connectivity index (χ4n) is 1.85. The third-order valence-electron chi connectivity index (χ3n) is 2.84. The van der Waals surface area contributed by atoms with Crippen LogP contribution in [0.5, 0.6) is 5.75 Å². The summed E-state index contributed by atoms with van der Waals surface area (Å²) in [4.78, 5) is 14.1. The fourth-order valence-corrected chi connectivity index (χ4v) is 2.04. The van der Waals surface area contributed by atoms with Crippen molar-refractivity contribution in [1.82, 2.24) is 10.3 Å². The average molecular weight is 320 g/mol. The monoisotopic (exact) mass is 320 g/mol. The van der Waals surface area contributed by atoms with Crippen LogP contribution in [0.15, 0.2) is 60.7 Å². The molecule has 2 atom stereocenters. The van der Waals surface area contributed by atoms with Gasteiger partial charge in [-0.15, -0.1) is 4.83 Å². The molecule has 0 aliphatic rings. The number of ether oxygens (including phenoxy) is 1. The van der Waals surface area contributed by atoms with E-state index in [2.05, 4.69) is 5.43 Å². The number of hydrazine groups is 1. The van der Waals surface area contributed by atoms with E-state index in [-0.39, 0.29) is 0 Å². The predicted octanol–water partition coefficient (Wildman–Crippen LogP) is 1.43. The van der Waals surface area contributed by atoms with Gasteiger partial charge in [0.1, 0.15) is 5.75 Å². The van der Waals surface area contributed by atoms with Crippen LogP contribution in [0.4, 0.5) is 0 Å². The minimum atomic E-state index is -2.33. The molecule has 2 aromatic rings. The van der Waals surface area contributed by atoms with Crippen LogP contribution in [0.3, 0.4) is 0 Å². The van der Waals surface area contributed by atoms with E-state index in [1.807, 2.05) is 41.2 Å². The Bertz CT molecular complexity index is 580. The van der Waals surface area contributed by atoms with E-state index >= 15 is 0 Å². The number of para-hydroxylation sites is 1. The topological polar surface area (TPSA) is 87.7 Å². The van der Waals surface area contributed by atoms with Crippen LogP contribution in [0.25, 0.3) is 0 Å². The van der Waals surface area contributed by atoms with E-state index in [1.54, 1.807) is 24.3 Å². The minimum absolute atomic E-state index is 0.335. The molecule has 0 aliphatic heterocycles. The van der Waals surface area contributed by atoms with E-state index in [0.717, 1.165) is 5.56 Å². The molecule has 3 N–H and O–H groups in total. The molecular formula is C15H16N2O4S. The molecule has 0 aliphatic carbocycles. The number of carbonyl (C=O) groups is 1. The maximum atomic E-state index is 12.1. The van der Waals surface area contributed by atoms with Gasteiger partial charge in [0, 0.05) is 6.42 Å². The summed E-state index contributed by atoms with van der Waals surface area (Å²) < 4.78 is 24.9. The van der Waals surface area contributed by atoms with Crippen LogP contribution in [0.1, 0.15) is 5.56 Å². The number of hydrogen-bond donors (Lipinski definition) is 3. The van der Waals surface area contributed by atoms with Gasteiger partial charge >= 0.3 is 0 Å². The van der Waals surface area contributed by atoms with Crippen molar-refractivity contribution in [2.75, 3.05) is 0 Å². The van der Waals surface area contributed by atoms with Gasteiger partial charge < -0.3 is 4.74 Å². The van der Waals surface area contributed by atoms with Crippen molar-refractivity contribution in [3.05, 3.63) is 66.2 Å². The lowest BCUT2D eigenvalue weighted by molar-refractivity contribution is -0.128. The van der Waals surface area contributed by atoms with E-state index in [1.165, 1.54) is 0 Å². The van der Waals surface area contributed by atoms with Crippen LogP contribution in [-0.4, -0.2) is 20.8 Å². The zero-order chi connectivity index (χ0) is 15.8. The Labute approximate surface area is 130 Å². The molecule has 7 heteroatoms. The lowest BCUT2D eigenvalue weighted by atomic mass is 10.1. The summed E-state index contributed by atoms with van der Waals surface area (Å²) in [6.45, 7) is 0. The normalized spacial score (nSPS) is 13.1. The third kappa shape index (κ3) is 5.28. The first-order valence-electron chi connectivity index (χ1n) is 6.57. The summed E-state index contributed by atoms with van der Waals surface area (Å²) in [5.41, 5.74) is 3.08. The highest BCUT2D eigenvalue weighted by Crippen LogP contribution is 2.14. The molecule has 0 saturated heterocycles. The van der Waals surface area contributed by atoms with Crippen molar-refractivity contribution >= 4 is 17.2 Å².